The fourth-order valence-electron chi connectivity index (χ4n) is 3.58. The number of hydrogen-bond donors (Lipinski definition) is 2. The van der Waals surface area contributed by atoms with Gasteiger partial charge >= 0.3 is 0 Å². The topological polar surface area (TPSA) is 39.7 Å². The summed E-state index contributed by atoms with van der Waals surface area (Å²) in [7, 11) is 1.88. The van der Waals surface area contributed by atoms with Crippen LogP contribution in [0.5, 0.6) is 0 Å². The minimum absolute atomic E-state index is 0.531. The molecule has 23 heavy (non-hydrogen) atoms. The Balaban J connectivity index is 1.43. The highest BCUT2D eigenvalue weighted by atomic mass is 15.2. The first-order valence-electron chi connectivity index (χ1n) is 9.07. The van der Waals surface area contributed by atoms with Crippen molar-refractivity contribution in [3.63, 3.8) is 0 Å². The van der Waals surface area contributed by atoms with Crippen molar-refractivity contribution in [2.45, 2.75) is 50.6 Å². The van der Waals surface area contributed by atoms with Gasteiger partial charge in [-0.05, 0) is 37.8 Å². The maximum absolute atomic E-state index is 4.43. The molecule has 2 unspecified atom stereocenters. The van der Waals surface area contributed by atoms with E-state index in [2.05, 4.69) is 57.8 Å². The Labute approximate surface area is 140 Å². The second-order valence-electron chi connectivity index (χ2n) is 6.84. The third kappa shape index (κ3) is 4.47. The molecule has 4 heteroatoms. The molecule has 2 aliphatic rings. The van der Waals surface area contributed by atoms with Gasteiger partial charge in [0.1, 0.15) is 0 Å². The number of likely N-dealkylation sites (tertiary alicyclic amines) is 1. The van der Waals surface area contributed by atoms with Crippen molar-refractivity contribution in [3.8, 4) is 0 Å². The Hall–Kier alpha value is -1.55. The van der Waals surface area contributed by atoms with E-state index in [4.69, 9.17) is 0 Å². The Bertz CT molecular complexity index is 505. The number of nitrogens with one attached hydrogen (secondary N) is 2. The summed E-state index contributed by atoms with van der Waals surface area (Å²) in [5.74, 6) is 1.61. The summed E-state index contributed by atoms with van der Waals surface area (Å²) < 4.78 is 0. The van der Waals surface area contributed by atoms with Crippen LogP contribution >= 0.6 is 0 Å². The third-order valence-corrected chi connectivity index (χ3v) is 5.03. The lowest BCUT2D eigenvalue weighted by Gasteiger charge is -2.32. The molecular formula is C19H30N4. The molecule has 1 aliphatic carbocycles. The maximum atomic E-state index is 4.43. The first-order valence-corrected chi connectivity index (χ1v) is 9.07. The van der Waals surface area contributed by atoms with Crippen LogP contribution in [-0.4, -0.2) is 49.6 Å². The summed E-state index contributed by atoms with van der Waals surface area (Å²) >= 11 is 0. The minimum Gasteiger partial charge on any atom is -0.354 e. The summed E-state index contributed by atoms with van der Waals surface area (Å²) in [6.45, 7) is 5.91. The van der Waals surface area contributed by atoms with Gasteiger partial charge in [-0.3, -0.25) is 4.99 Å². The van der Waals surface area contributed by atoms with Crippen molar-refractivity contribution in [2.24, 2.45) is 4.99 Å². The molecule has 0 bridgehead atoms. The zero-order valence-corrected chi connectivity index (χ0v) is 14.5. The lowest BCUT2D eigenvalue weighted by atomic mass is 10.1. The molecule has 2 fully saturated rings. The van der Waals surface area contributed by atoms with E-state index in [0.29, 0.717) is 18.0 Å². The molecule has 2 atom stereocenters. The molecule has 1 aromatic carbocycles. The van der Waals surface area contributed by atoms with Crippen LogP contribution in [0, 0.1) is 0 Å². The van der Waals surface area contributed by atoms with Crippen molar-refractivity contribution in [3.05, 3.63) is 35.9 Å². The number of benzene rings is 1. The number of aliphatic imine (C=N–C) groups is 1. The molecule has 0 radical (unpaired) electrons. The molecule has 1 saturated carbocycles. The van der Waals surface area contributed by atoms with E-state index < -0.39 is 0 Å². The van der Waals surface area contributed by atoms with Crippen LogP contribution in [0.15, 0.2) is 35.3 Å². The first kappa shape index (κ1) is 16.3. The highest BCUT2D eigenvalue weighted by Gasteiger charge is 2.39. The van der Waals surface area contributed by atoms with Gasteiger partial charge in [0.25, 0.3) is 0 Å². The van der Waals surface area contributed by atoms with Gasteiger partial charge in [0, 0.05) is 38.1 Å². The van der Waals surface area contributed by atoms with Crippen LogP contribution in [0.2, 0.25) is 0 Å². The Morgan fingerprint density at radius 1 is 1.17 bits per heavy atom. The molecule has 126 valence electrons. The van der Waals surface area contributed by atoms with E-state index in [0.717, 1.165) is 5.96 Å². The third-order valence-electron chi connectivity index (χ3n) is 5.03. The molecule has 4 nitrogen and oxygen atoms in total. The van der Waals surface area contributed by atoms with Crippen molar-refractivity contribution in [1.29, 1.82) is 0 Å². The van der Waals surface area contributed by atoms with Crippen LogP contribution < -0.4 is 10.6 Å². The van der Waals surface area contributed by atoms with Crippen LogP contribution in [0.25, 0.3) is 0 Å². The van der Waals surface area contributed by atoms with E-state index in [1.165, 1.54) is 50.9 Å². The predicted molar refractivity (Wildman–Crippen MR) is 97.0 cm³/mol. The van der Waals surface area contributed by atoms with E-state index in [9.17, 15) is 0 Å². The zero-order valence-electron chi connectivity index (χ0n) is 14.5. The number of hydrogen-bond acceptors (Lipinski definition) is 2. The molecule has 0 aromatic heterocycles. The number of piperidine rings is 1. The fourth-order valence-corrected chi connectivity index (χ4v) is 3.58. The molecule has 3 rings (SSSR count). The second kappa shape index (κ2) is 7.82. The lowest BCUT2D eigenvalue weighted by Crippen LogP contribution is -2.49. The number of nitrogens with zero attached hydrogens (tertiary/aromatic N) is 2. The van der Waals surface area contributed by atoms with Gasteiger partial charge in [-0.1, -0.05) is 37.3 Å². The summed E-state index contributed by atoms with van der Waals surface area (Å²) in [6, 6.07) is 11.9. The highest BCUT2D eigenvalue weighted by molar-refractivity contribution is 5.80. The smallest absolute Gasteiger partial charge is 0.191 e. The highest BCUT2D eigenvalue weighted by Crippen LogP contribution is 2.40. The maximum Gasteiger partial charge on any atom is 0.191 e. The van der Waals surface area contributed by atoms with Gasteiger partial charge in [-0.15, -0.1) is 0 Å². The monoisotopic (exact) mass is 314 g/mol. The van der Waals surface area contributed by atoms with Crippen molar-refractivity contribution in [2.75, 3.05) is 26.7 Å². The zero-order chi connectivity index (χ0) is 16.1. The Morgan fingerprint density at radius 3 is 2.57 bits per heavy atom. The molecule has 1 heterocycles. The number of guanidine groups is 1. The predicted octanol–water partition coefficient (Wildman–Crippen LogP) is 2.58. The van der Waals surface area contributed by atoms with Crippen LogP contribution in [-0.2, 0) is 0 Å². The van der Waals surface area contributed by atoms with Crippen LogP contribution in [0.3, 0.4) is 0 Å². The van der Waals surface area contributed by atoms with E-state index in [-0.39, 0.29) is 0 Å². The molecule has 0 spiro atoms. The summed E-state index contributed by atoms with van der Waals surface area (Å²) in [5, 5.41) is 7.22. The van der Waals surface area contributed by atoms with Crippen molar-refractivity contribution < 1.29 is 0 Å². The lowest BCUT2D eigenvalue weighted by molar-refractivity contribution is 0.206. The first-order chi connectivity index (χ1) is 11.3. The molecular weight excluding hydrogens is 284 g/mol. The normalized spacial score (nSPS) is 26.1. The summed E-state index contributed by atoms with van der Waals surface area (Å²) in [5.41, 5.74) is 1.44. The van der Waals surface area contributed by atoms with Gasteiger partial charge in [0.15, 0.2) is 5.96 Å². The fraction of sp³-hybridized carbons (Fsp3) is 0.632. The van der Waals surface area contributed by atoms with Gasteiger partial charge in [-0.2, -0.15) is 0 Å². The van der Waals surface area contributed by atoms with Gasteiger partial charge < -0.3 is 15.5 Å². The molecule has 1 aliphatic heterocycles. The standard InChI is InChI=1S/C19H30N4/c1-3-11-23-12-9-16(10-13-23)21-19(20-2)22-18-14-17(18)15-7-5-4-6-8-15/h4-8,16-18H,3,9-14H2,1-2H3,(H2,20,21,22). The van der Waals surface area contributed by atoms with E-state index >= 15 is 0 Å². The Kier molecular flexibility index (Phi) is 5.55. The Morgan fingerprint density at radius 2 is 1.91 bits per heavy atom. The molecule has 1 aromatic rings. The van der Waals surface area contributed by atoms with E-state index in [1.807, 2.05) is 7.05 Å². The summed E-state index contributed by atoms with van der Waals surface area (Å²) in [6.07, 6.45) is 4.89. The second-order valence-corrected chi connectivity index (χ2v) is 6.84. The quantitative estimate of drug-likeness (QED) is 0.648. The average molecular weight is 314 g/mol. The van der Waals surface area contributed by atoms with Crippen LogP contribution in [0.4, 0.5) is 0 Å². The minimum atomic E-state index is 0.531. The average Bonchev–Trinajstić information content (AvgIpc) is 3.36. The van der Waals surface area contributed by atoms with Crippen molar-refractivity contribution in [1.82, 2.24) is 15.5 Å². The summed E-state index contributed by atoms with van der Waals surface area (Å²) in [4.78, 5) is 7.00. The SMILES string of the molecule is CCCN1CCC(NC(=NC)NC2CC2c2ccccc2)CC1. The molecule has 1 saturated heterocycles. The van der Waals surface area contributed by atoms with Gasteiger partial charge in [0.2, 0.25) is 0 Å². The molecule has 2 N–H and O–H groups in total. The van der Waals surface area contributed by atoms with Crippen molar-refractivity contribution >= 4 is 5.96 Å². The number of rotatable bonds is 5. The van der Waals surface area contributed by atoms with E-state index in [1.54, 1.807) is 0 Å². The van der Waals surface area contributed by atoms with Crippen LogP contribution in [0.1, 0.15) is 44.1 Å². The van der Waals surface area contributed by atoms with Gasteiger partial charge in [-0.25, -0.2) is 0 Å². The van der Waals surface area contributed by atoms with Gasteiger partial charge in [0.05, 0.1) is 0 Å². The largest absolute Gasteiger partial charge is 0.354 e. The molecule has 0 amide bonds.